The second-order valence-corrected chi connectivity index (χ2v) is 8.60. The van der Waals surface area contributed by atoms with Crippen LogP contribution in [0.2, 0.25) is 0 Å². The molecule has 112 valence electrons. The number of sulfonamides is 1. The maximum Gasteiger partial charge on any atom is 0.226 e. The van der Waals surface area contributed by atoms with Crippen LogP contribution in [0.15, 0.2) is 0 Å². The molecule has 0 spiro atoms. The third-order valence-corrected chi connectivity index (χ3v) is 6.74. The summed E-state index contributed by atoms with van der Waals surface area (Å²) in [6, 6.07) is 0.0967. The van der Waals surface area contributed by atoms with Gasteiger partial charge in [0.05, 0.1) is 19.5 Å². The number of hydrogen-bond donors (Lipinski definition) is 0. The van der Waals surface area contributed by atoms with E-state index < -0.39 is 10.0 Å². The number of hydrogen-bond acceptors (Lipinski definition) is 4. The average Bonchev–Trinajstić information content (AvgIpc) is 2.82. The van der Waals surface area contributed by atoms with Gasteiger partial charge < -0.3 is 9.64 Å². The monoisotopic (exact) mass is 300 g/mol. The highest BCUT2D eigenvalue weighted by atomic mass is 32.2. The van der Waals surface area contributed by atoms with E-state index in [1.54, 1.807) is 0 Å². The van der Waals surface area contributed by atoms with Crippen molar-refractivity contribution in [3.05, 3.63) is 0 Å². The Labute approximate surface area is 119 Å². The zero-order valence-corrected chi connectivity index (χ0v) is 12.4. The van der Waals surface area contributed by atoms with Crippen molar-refractivity contribution in [2.24, 2.45) is 23.7 Å². The zero-order valence-electron chi connectivity index (χ0n) is 11.6. The minimum Gasteiger partial charge on any atom is -0.381 e. The van der Waals surface area contributed by atoms with Gasteiger partial charge in [-0.2, -0.15) is 4.31 Å². The van der Waals surface area contributed by atoms with Gasteiger partial charge in [-0.25, -0.2) is 8.42 Å². The van der Waals surface area contributed by atoms with E-state index in [1.807, 2.05) is 4.90 Å². The fraction of sp³-hybridized carbons (Fsp3) is 0.923. The molecule has 3 heterocycles. The molecule has 20 heavy (non-hydrogen) atoms. The molecule has 0 radical (unpaired) electrons. The predicted octanol–water partition coefficient (Wildman–Crippen LogP) is -0.629. The number of rotatable bonds is 2. The molecule has 0 aromatic carbocycles. The molecule has 3 aliphatic heterocycles. The maximum atomic E-state index is 12.6. The van der Waals surface area contributed by atoms with Gasteiger partial charge >= 0.3 is 0 Å². The summed E-state index contributed by atoms with van der Waals surface area (Å²) in [6.45, 7) is 3.29. The Morgan fingerprint density at radius 1 is 1.20 bits per heavy atom. The number of fused-ring (bicyclic) bond motifs is 2. The zero-order chi connectivity index (χ0) is 14.1. The fourth-order valence-corrected chi connectivity index (χ4v) is 5.15. The molecule has 1 saturated carbocycles. The van der Waals surface area contributed by atoms with Gasteiger partial charge in [0.2, 0.25) is 15.9 Å². The number of nitrogens with zero attached hydrogens (tertiary/aromatic N) is 2. The Balaban J connectivity index is 1.47. The summed E-state index contributed by atoms with van der Waals surface area (Å²) >= 11 is 0. The molecular formula is C13H20N2O4S. The minimum atomic E-state index is -3.14. The lowest BCUT2D eigenvalue weighted by Gasteiger charge is -2.25. The van der Waals surface area contributed by atoms with Crippen LogP contribution in [-0.2, 0) is 19.6 Å². The van der Waals surface area contributed by atoms with Crippen molar-refractivity contribution in [1.82, 2.24) is 9.21 Å². The smallest absolute Gasteiger partial charge is 0.226 e. The van der Waals surface area contributed by atoms with Crippen LogP contribution in [0.5, 0.6) is 0 Å². The Bertz CT molecular complexity index is 539. The second kappa shape index (κ2) is 4.18. The minimum absolute atomic E-state index is 0.0967. The van der Waals surface area contributed by atoms with E-state index in [0.29, 0.717) is 30.8 Å². The van der Waals surface area contributed by atoms with E-state index in [2.05, 4.69) is 0 Å². The standard InChI is InChI=1S/C13H20N2O4S/c1-20(17,18)14-4-8-2-3-15(11(8)5-14)13(16)12-9-6-19-7-10(9)12/h8-12H,2-7H2,1H3/t8-,9-,10+,11+,12?/m0/s1. The van der Waals surface area contributed by atoms with Crippen molar-refractivity contribution in [2.45, 2.75) is 12.5 Å². The molecule has 4 fully saturated rings. The summed E-state index contributed by atoms with van der Waals surface area (Å²) < 4.78 is 30.2. The quantitative estimate of drug-likeness (QED) is 0.681. The molecule has 6 nitrogen and oxygen atoms in total. The first-order valence-corrected chi connectivity index (χ1v) is 9.15. The van der Waals surface area contributed by atoms with Gasteiger partial charge in [-0.3, -0.25) is 4.79 Å². The Kier molecular flexibility index (Phi) is 2.72. The van der Waals surface area contributed by atoms with E-state index in [9.17, 15) is 13.2 Å². The lowest BCUT2D eigenvalue weighted by Crippen LogP contribution is -2.42. The van der Waals surface area contributed by atoms with Crippen LogP contribution in [0.3, 0.4) is 0 Å². The lowest BCUT2D eigenvalue weighted by molar-refractivity contribution is -0.134. The molecule has 1 aliphatic carbocycles. The van der Waals surface area contributed by atoms with Crippen LogP contribution in [-0.4, -0.2) is 68.7 Å². The summed E-state index contributed by atoms with van der Waals surface area (Å²) in [4.78, 5) is 14.6. The predicted molar refractivity (Wildman–Crippen MR) is 71.3 cm³/mol. The van der Waals surface area contributed by atoms with Crippen LogP contribution in [0.4, 0.5) is 0 Å². The van der Waals surface area contributed by atoms with Gasteiger partial charge in [0.1, 0.15) is 0 Å². The molecule has 4 aliphatic rings. The van der Waals surface area contributed by atoms with Gasteiger partial charge in [0.15, 0.2) is 0 Å². The number of amides is 1. The average molecular weight is 300 g/mol. The van der Waals surface area contributed by atoms with Crippen molar-refractivity contribution >= 4 is 15.9 Å². The largest absolute Gasteiger partial charge is 0.381 e. The van der Waals surface area contributed by atoms with Crippen LogP contribution >= 0.6 is 0 Å². The highest BCUT2D eigenvalue weighted by Gasteiger charge is 2.60. The number of likely N-dealkylation sites (tertiary alicyclic amines) is 1. The highest BCUT2D eigenvalue weighted by molar-refractivity contribution is 7.88. The summed E-state index contributed by atoms with van der Waals surface area (Å²) in [7, 11) is -3.14. The van der Waals surface area contributed by atoms with Crippen LogP contribution in [0.1, 0.15) is 6.42 Å². The van der Waals surface area contributed by atoms with Crippen molar-refractivity contribution in [1.29, 1.82) is 0 Å². The van der Waals surface area contributed by atoms with Crippen molar-refractivity contribution in [2.75, 3.05) is 39.1 Å². The molecule has 0 aromatic heterocycles. The van der Waals surface area contributed by atoms with Gasteiger partial charge in [0, 0.05) is 31.6 Å². The molecule has 5 atom stereocenters. The normalized spacial score (nSPS) is 43.6. The van der Waals surface area contributed by atoms with Gasteiger partial charge in [-0.15, -0.1) is 0 Å². The van der Waals surface area contributed by atoms with Gasteiger partial charge in [-0.1, -0.05) is 0 Å². The Hall–Kier alpha value is -0.660. The van der Waals surface area contributed by atoms with Crippen molar-refractivity contribution in [3.8, 4) is 0 Å². The molecule has 0 N–H and O–H groups in total. The topological polar surface area (TPSA) is 66.9 Å². The first-order chi connectivity index (χ1) is 9.47. The highest BCUT2D eigenvalue weighted by Crippen LogP contribution is 2.52. The SMILES string of the molecule is CS(=O)(=O)N1C[C@@H]2CCN(C(=O)C3[C@H]4COC[C@@H]34)[C@@H]2C1. The molecule has 3 saturated heterocycles. The molecule has 0 aromatic rings. The third kappa shape index (κ3) is 1.83. The molecule has 1 unspecified atom stereocenters. The van der Waals surface area contributed by atoms with E-state index in [-0.39, 0.29) is 17.9 Å². The second-order valence-electron chi connectivity index (χ2n) is 6.62. The summed E-state index contributed by atoms with van der Waals surface area (Å²) in [5.41, 5.74) is 0. The molecule has 0 bridgehead atoms. The fourth-order valence-electron chi connectivity index (χ4n) is 4.26. The van der Waals surface area contributed by atoms with Crippen molar-refractivity contribution in [3.63, 3.8) is 0 Å². The molecule has 1 amide bonds. The lowest BCUT2D eigenvalue weighted by atomic mass is 10.0. The van der Waals surface area contributed by atoms with Crippen LogP contribution in [0, 0.1) is 23.7 Å². The van der Waals surface area contributed by atoms with Gasteiger partial charge in [0.25, 0.3) is 0 Å². The van der Waals surface area contributed by atoms with Crippen LogP contribution in [0.25, 0.3) is 0 Å². The molecular weight excluding hydrogens is 280 g/mol. The van der Waals surface area contributed by atoms with E-state index >= 15 is 0 Å². The maximum absolute atomic E-state index is 12.6. The first-order valence-electron chi connectivity index (χ1n) is 7.30. The Morgan fingerprint density at radius 3 is 2.55 bits per heavy atom. The first kappa shape index (κ1) is 13.0. The summed E-state index contributed by atoms with van der Waals surface area (Å²) in [6.07, 6.45) is 2.18. The Morgan fingerprint density at radius 2 is 1.90 bits per heavy atom. The number of carbonyl (C=O) groups excluding carboxylic acids is 1. The third-order valence-electron chi connectivity index (χ3n) is 5.50. The van der Waals surface area contributed by atoms with E-state index in [0.717, 1.165) is 26.2 Å². The number of carbonyl (C=O) groups is 1. The number of ether oxygens (including phenoxy) is 1. The summed E-state index contributed by atoms with van der Waals surface area (Å²) in [5.74, 6) is 1.56. The summed E-state index contributed by atoms with van der Waals surface area (Å²) in [5, 5.41) is 0. The molecule has 4 rings (SSSR count). The van der Waals surface area contributed by atoms with E-state index in [4.69, 9.17) is 4.74 Å². The van der Waals surface area contributed by atoms with Crippen molar-refractivity contribution < 1.29 is 17.9 Å². The van der Waals surface area contributed by atoms with E-state index in [1.165, 1.54) is 10.6 Å². The van der Waals surface area contributed by atoms with Crippen LogP contribution < -0.4 is 0 Å². The molecule has 7 heteroatoms. The van der Waals surface area contributed by atoms with Gasteiger partial charge in [-0.05, 0) is 24.2 Å².